The van der Waals surface area contributed by atoms with E-state index in [4.69, 9.17) is 27.9 Å². The van der Waals surface area contributed by atoms with E-state index in [1.807, 2.05) is 32.0 Å². The summed E-state index contributed by atoms with van der Waals surface area (Å²) in [6, 6.07) is 10.7. The predicted octanol–water partition coefficient (Wildman–Crippen LogP) is 4.63. The fourth-order valence-electron chi connectivity index (χ4n) is 1.87. The average molecular weight is 324 g/mol. The second kappa shape index (κ2) is 6.83. The number of aryl methyl sites for hydroxylation is 2. The minimum Gasteiger partial charge on any atom is -0.482 e. The minimum atomic E-state index is -0.252. The number of amides is 1. The number of ether oxygens (including phenoxy) is 1. The summed E-state index contributed by atoms with van der Waals surface area (Å²) in [5, 5.41) is 3.72. The Balaban J connectivity index is 1.97. The van der Waals surface area contributed by atoms with Crippen LogP contribution in [0.5, 0.6) is 5.75 Å². The van der Waals surface area contributed by atoms with Gasteiger partial charge in [0.2, 0.25) is 0 Å². The molecule has 0 aromatic heterocycles. The Morgan fingerprint density at radius 2 is 1.90 bits per heavy atom. The Morgan fingerprint density at radius 1 is 1.14 bits per heavy atom. The lowest BCUT2D eigenvalue weighted by molar-refractivity contribution is -0.118. The van der Waals surface area contributed by atoms with Crippen LogP contribution in [0.4, 0.5) is 5.69 Å². The number of carbonyl (C=O) groups is 1. The van der Waals surface area contributed by atoms with Gasteiger partial charge in [-0.3, -0.25) is 4.79 Å². The Morgan fingerprint density at radius 3 is 2.62 bits per heavy atom. The van der Waals surface area contributed by atoms with Gasteiger partial charge in [0.15, 0.2) is 6.61 Å². The highest BCUT2D eigenvalue weighted by Gasteiger charge is 2.08. The van der Waals surface area contributed by atoms with E-state index < -0.39 is 0 Å². The van der Waals surface area contributed by atoms with Crippen LogP contribution >= 0.6 is 23.2 Å². The third-order valence-electron chi connectivity index (χ3n) is 2.91. The second-order valence-electron chi connectivity index (χ2n) is 4.73. The van der Waals surface area contributed by atoms with Crippen molar-refractivity contribution in [1.29, 1.82) is 0 Å². The molecule has 0 aliphatic carbocycles. The zero-order chi connectivity index (χ0) is 15.4. The molecule has 0 saturated carbocycles. The third kappa shape index (κ3) is 4.38. The van der Waals surface area contributed by atoms with Crippen LogP contribution in [0, 0.1) is 13.8 Å². The number of anilines is 1. The maximum absolute atomic E-state index is 11.9. The number of hydrogen-bond acceptors (Lipinski definition) is 2. The van der Waals surface area contributed by atoms with Gasteiger partial charge in [0, 0.05) is 16.8 Å². The number of halogens is 2. The van der Waals surface area contributed by atoms with Crippen molar-refractivity contribution in [2.75, 3.05) is 11.9 Å². The quantitative estimate of drug-likeness (QED) is 0.890. The van der Waals surface area contributed by atoms with E-state index in [1.165, 1.54) is 0 Å². The molecule has 2 rings (SSSR count). The van der Waals surface area contributed by atoms with Crippen molar-refractivity contribution in [1.82, 2.24) is 0 Å². The van der Waals surface area contributed by atoms with Gasteiger partial charge in [0.05, 0.1) is 5.02 Å². The van der Waals surface area contributed by atoms with Crippen molar-refractivity contribution in [2.45, 2.75) is 13.8 Å². The zero-order valence-corrected chi connectivity index (χ0v) is 13.3. The van der Waals surface area contributed by atoms with E-state index >= 15 is 0 Å². The predicted molar refractivity (Wildman–Crippen MR) is 86.5 cm³/mol. The molecular formula is C16H15Cl2NO2. The lowest BCUT2D eigenvalue weighted by atomic mass is 10.1. The smallest absolute Gasteiger partial charge is 0.262 e. The normalized spacial score (nSPS) is 10.3. The van der Waals surface area contributed by atoms with Gasteiger partial charge in [-0.25, -0.2) is 0 Å². The van der Waals surface area contributed by atoms with E-state index in [1.54, 1.807) is 18.2 Å². The van der Waals surface area contributed by atoms with Gasteiger partial charge in [-0.2, -0.15) is 0 Å². The zero-order valence-electron chi connectivity index (χ0n) is 11.7. The van der Waals surface area contributed by atoms with Crippen molar-refractivity contribution in [2.24, 2.45) is 0 Å². The first kappa shape index (κ1) is 15.7. The molecule has 21 heavy (non-hydrogen) atoms. The molecule has 0 fully saturated rings. The van der Waals surface area contributed by atoms with Gasteiger partial charge in [0.1, 0.15) is 5.75 Å². The van der Waals surface area contributed by atoms with E-state index in [0.29, 0.717) is 15.8 Å². The molecule has 2 aromatic carbocycles. The van der Waals surface area contributed by atoms with Crippen LogP contribution in [0.15, 0.2) is 36.4 Å². The van der Waals surface area contributed by atoms with E-state index in [2.05, 4.69) is 5.32 Å². The molecule has 0 heterocycles. The third-order valence-corrected chi connectivity index (χ3v) is 3.46. The van der Waals surface area contributed by atoms with Crippen molar-refractivity contribution in [3.05, 3.63) is 57.6 Å². The van der Waals surface area contributed by atoms with Gasteiger partial charge in [-0.1, -0.05) is 40.9 Å². The monoisotopic (exact) mass is 323 g/mol. The van der Waals surface area contributed by atoms with E-state index in [-0.39, 0.29) is 12.5 Å². The van der Waals surface area contributed by atoms with Crippen LogP contribution in [-0.2, 0) is 4.79 Å². The average Bonchev–Trinajstić information content (AvgIpc) is 2.43. The molecule has 0 spiro atoms. The first-order valence-corrected chi connectivity index (χ1v) is 7.16. The molecule has 1 N–H and O–H groups in total. The number of rotatable bonds is 4. The number of benzene rings is 2. The minimum absolute atomic E-state index is 0.132. The van der Waals surface area contributed by atoms with Gasteiger partial charge in [-0.15, -0.1) is 0 Å². The summed E-state index contributed by atoms with van der Waals surface area (Å²) in [6.07, 6.45) is 0. The SMILES string of the molecule is Cc1ccc(NC(=O)COc2cc(Cl)ccc2Cl)c(C)c1. The van der Waals surface area contributed by atoms with Crippen molar-refractivity contribution in [3.63, 3.8) is 0 Å². The Labute approximate surface area is 133 Å². The van der Waals surface area contributed by atoms with Crippen LogP contribution in [0.3, 0.4) is 0 Å². The largest absolute Gasteiger partial charge is 0.482 e. The van der Waals surface area contributed by atoms with Crippen molar-refractivity contribution < 1.29 is 9.53 Å². The molecule has 0 aliphatic heterocycles. The highest BCUT2D eigenvalue weighted by Crippen LogP contribution is 2.27. The molecule has 0 bridgehead atoms. The number of nitrogens with one attached hydrogen (secondary N) is 1. The molecule has 3 nitrogen and oxygen atoms in total. The van der Waals surface area contributed by atoms with E-state index in [9.17, 15) is 4.79 Å². The fraction of sp³-hybridized carbons (Fsp3) is 0.188. The summed E-state index contributed by atoms with van der Waals surface area (Å²) >= 11 is 11.8. The Hall–Kier alpha value is -1.71. The summed E-state index contributed by atoms with van der Waals surface area (Å²) in [4.78, 5) is 11.9. The summed E-state index contributed by atoms with van der Waals surface area (Å²) in [5.74, 6) is 0.137. The fourth-order valence-corrected chi connectivity index (χ4v) is 2.21. The first-order chi connectivity index (χ1) is 9.95. The van der Waals surface area contributed by atoms with Gasteiger partial charge in [0.25, 0.3) is 5.91 Å². The van der Waals surface area contributed by atoms with Crippen molar-refractivity contribution in [3.8, 4) is 5.75 Å². The molecule has 0 radical (unpaired) electrons. The highest BCUT2D eigenvalue weighted by molar-refractivity contribution is 6.34. The standard InChI is InChI=1S/C16H15Cl2NO2/c1-10-3-6-14(11(2)7-10)19-16(20)9-21-15-8-12(17)4-5-13(15)18/h3-8H,9H2,1-2H3,(H,19,20). The molecule has 5 heteroatoms. The Bertz CT molecular complexity index is 671. The van der Waals surface area contributed by atoms with Crippen LogP contribution in [0.1, 0.15) is 11.1 Å². The van der Waals surface area contributed by atoms with Gasteiger partial charge >= 0.3 is 0 Å². The van der Waals surface area contributed by atoms with Gasteiger partial charge in [-0.05, 0) is 37.6 Å². The van der Waals surface area contributed by atoms with Crippen LogP contribution in [0.25, 0.3) is 0 Å². The lowest BCUT2D eigenvalue weighted by Crippen LogP contribution is -2.20. The summed E-state index contributed by atoms with van der Waals surface area (Å²) < 4.78 is 5.39. The summed E-state index contributed by atoms with van der Waals surface area (Å²) in [7, 11) is 0. The molecule has 0 saturated heterocycles. The van der Waals surface area contributed by atoms with Crippen LogP contribution in [0.2, 0.25) is 10.0 Å². The maximum Gasteiger partial charge on any atom is 0.262 e. The van der Waals surface area contributed by atoms with E-state index in [0.717, 1.165) is 16.8 Å². The maximum atomic E-state index is 11.9. The number of carbonyl (C=O) groups excluding carboxylic acids is 1. The highest BCUT2D eigenvalue weighted by atomic mass is 35.5. The van der Waals surface area contributed by atoms with Gasteiger partial charge < -0.3 is 10.1 Å². The number of hydrogen-bond donors (Lipinski definition) is 1. The first-order valence-electron chi connectivity index (χ1n) is 6.40. The lowest BCUT2D eigenvalue weighted by Gasteiger charge is -2.11. The topological polar surface area (TPSA) is 38.3 Å². The summed E-state index contributed by atoms with van der Waals surface area (Å²) in [5.41, 5.74) is 2.92. The molecule has 1 amide bonds. The molecular weight excluding hydrogens is 309 g/mol. The Kier molecular flexibility index (Phi) is 5.10. The van der Waals surface area contributed by atoms with Crippen molar-refractivity contribution >= 4 is 34.8 Å². The molecule has 2 aromatic rings. The molecule has 0 unspecified atom stereocenters. The molecule has 110 valence electrons. The molecule has 0 aliphatic rings. The molecule has 0 atom stereocenters. The van der Waals surface area contributed by atoms with Crippen LogP contribution < -0.4 is 10.1 Å². The van der Waals surface area contributed by atoms with Crippen LogP contribution in [-0.4, -0.2) is 12.5 Å². The summed E-state index contributed by atoms with van der Waals surface area (Å²) in [6.45, 7) is 3.81. The second-order valence-corrected chi connectivity index (χ2v) is 5.57.